The predicted octanol–water partition coefficient (Wildman–Crippen LogP) is 2.15. The van der Waals surface area contributed by atoms with Crippen LogP contribution in [0.2, 0.25) is 0 Å². The lowest BCUT2D eigenvalue weighted by Gasteiger charge is -2.09. The maximum absolute atomic E-state index is 11.8. The van der Waals surface area contributed by atoms with Crippen LogP contribution >= 0.6 is 0 Å². The van der Waals surface area contributed by atoms with E-state index < -0.39 is 16.1 Å². The molecule has 6 nitrogen and oxygen atoms in total. The van der Waals surface area contributed by atoms with Gasteiger partial charge in [-0.25, -0.2) is 13.2 Å². The van der Waals surface area contributed by atoms with Crippen LogP contribution in [0.4, 0.5) is 10.5 Å². The van der Waals surface area contributed by atoms with Crippen molar-refractivity contribution in [2.24, 2.45) is 0 Å². The minimum Gasteiger partial charge on any atom is -0.445 e. The monoisotopic (exact) mass is 333 g/mol. The van der Waals surface area contributed by atoms with Crippen molar-refractivity contribution in [3.63, 3.8) is 0 Å². The third-order valence-electron chi connectivity index (χ3n) is 2.83. The number of rotatable bonds is 7. The first-order chi connectivity index (χ1) is 11.1. The average Bonchev–Trinajstić information content (AvgIpc) is 2.54. The van der Waals surface area contributed by atoms with E-state index in [4.69, 9.17) is 4.74 Å². The first-order valence-electron chi connectivity index (χ1n) is 6.96. The number of alkyl carbamates (subject to hydrolysis) is 1. The van der Waals surface area contributed by atoms with Gasteiger partial charge >= 0.3 is 6.09 Å². The molecule has 121 valence electrons. The van der Waals surface area contributed by atoms with Gasteiger partial charge in [-0.3, -0.25) is 4.72 Å². The summed E-state index contributed by atoms with van der Waals surface area (Å²) >= 11 is 0. The molecule has 0 aliphatic rings. The highest BCUT2D eigenvalue weighted by Gasteiger charge is 2.11. The normalized spacial score (nSPS) is 10.8. The zero-order chi connectivity index (χ0) is 16.5. The third-order valence-corrected chi connectivity index (χ3v) is 4.12. The zero-order valence-corrected chi connectivity index (χ0v) is 13.2. The minimum atomic E-state index is -3.54. The zero-order valence-electron chi connectivity index (χ0n) is 12.4. The van der Waals surface area contributed by atoms with Crippen LogP contribution < -0.4 is 10.0 Å². The van der Waals surface area contributed by atoms with Crippen molar-refractivity contribution in [3.05, 3.63) is 66.2 Å². The molecule has 2 rings (SSSR count). The smallest absolute Gasteiger partial charge is 0.407 e. The van der Waals surface area contributed by atoms with E-state index >= 15 is 0 Å². The summed E-state index contributed by atoms with van der Waals surface area (Å²) < 4.78 is 31.1. The number of anilines is 1. The van der Waals surface area contributed by atoms with Crippen molar-refractivity contribution < 1.29 is 17.9 Å². The summed E-state index contributed by atoms with van der Waals surface area (Å²) in [5.41, 5.74) is 1.29. The first kappa shape index (κ1) is 16.8. The summed E-state index contributed by atoms with van der Waals surface area (Å²) in [7, 11) is -3.54. The van der Waals surface area contributed by atoms with Gasteiger partial charge < -0.3 is 10.1 Å². The molecule has 1 amide bonds. The molecule has 0 spiro atoms. The highest BCUT2D eigenvalue weighted by Crippen LogP contribution is 2.07. The van der Waals surface area contributed by atoms with Gasteiger partial charge in [0.25, 0.3) is 0 Å². The summed E-state index contributed by atoms with van der Waals surface area (Å²) in [5.74, 6) is -0.248. The van der Waals surface area contributed by atoms with Crippen LogP contribution in [0.15, 0.2) is 54.6 Å². The molecular formula is C16H17N2O4S. The molecule has 0 aliphatic heterocycles. The van der Waals surface area contributed by atoms with Crippen LogP contribution in [0, 0.1) is 6.07 Å². The molecule has 0 saturated carbocycles. The van der Waals surface area contributed by atoms with Crippen LogP contribution in [0.25, 0.3) is 0 Å². The molecule has 0 fully saturated rings. The van der Waals surface area contributed by atoms with Gasteiger partial charge in [-0.15, -0.1) is 0 Å². The Labute approximate surface area is 135 Å². The number of benzene rings is 2. The maximum atomic E-state index is 11.8. The summed E-state index contributed by atoms with van der Waals surface area (Å²) in [4.78, 5) is 11.5. The van der Waals surface area contributed by atoms with Crippen LogP contribution in [0.5, 0.6) is 0 Å². The largest absolute Gasteiger partial charge is 0.445 e. The second-order valence-corrected chi connectivity index (χ2v) is 6.54. The lowest BCUT2D eigenvalue weighted by atomic mass is 10.2. The Morgan fingerprint density at radius 2 is 1.91 bits per heavy atom. The van der Waals surface area contributed by atoms with Crippen LogP contribution in [0.3, 0.4) is 0 Å². The number of ether oxygens (including phenoxy) is 1. The van der Waals surface area contributed by atoms with Crippen LogP contribution in [-0.4, -0.2) is 26.8 Å². The molecule has 0 unspecified atom stereocenters. The number of carbonyl (C=O) groups is 1. The lowest BCUT2D eigenvalue weighted by molar-refractivity contribution is 0.140. The van der Waals surface area contributed by atoms with E-state index in [0.717, 1.165) is 5.56 Å². The Kier molecular flexibility index (Phi) is 5.99. The fourth-order valence-electron chi connectivity index (χ4n) is 1.75. The SMILES string of the molecule is O=C(NCCS(=O)(=O)Nc1c[c]ccc1)OCc1ccccc1. The molecule has 0 aliphatic carbocycles. The van der Waals surface area contributed by atoms with E-state index in [1.807, 2.05) is 30.3 Å². The number of nitrogens with one attached hydrogen (secondary N) is 2. The minimum absolute atomic E-state index is 0.0422. The maximum Gasteiger partial charge on any atom is 0.407 e. The average molecular weight is 333 g/mol. The number of carbonyl (C=O) groups excluding carboxylic acids is 1. The number of amides is 1. The highest BCUT2D eigenvalue weighted by atomic mass is 32.2. The van der Waals surface area contributed by atoms with Gasteiger partial charge in [-0.1, -0.05) is 42.5 Å². The Hall–Kier alpha value is -2.54. The van der Waals surface area contributed by atoms with E-state index in [0.29, 0.717) is 5.69 Å². The topological polar surface area (TPSA) is 84.5 Å². The number of sulfonamides is 1. The van der Waals surface area contributed by atoms with Crippen molar-refractivity contribution in [1.82, 2.24) is 5.32 Å². The second-order valence-electron chi connectivity index (χ2n) is 4.70. The molecule has 0 heterocycles. The summed E-state index contributed by atoms with van der Waals surface area (Å²) in [6, 6.07) is 18.5. The van der Waals surface area contributed by atoms with Crippen LogP contribution in [-0.2, 0) is 21.4 Å². The molecular weight excluding hydrogens is 316 g/mol. The standard InChI is InChI=1S/C16H17N2O4S/c19-16(22-13-14-7-3-1-4-8-14)17-11-12-23(20,21)18-15-9-5-2-6-10-15/h1-5,7-10,18H,11-13H2,(H,17,19). The molecule has 2 N–H and O–H groups in total. The van der Waals surface area contributed by atoms with Crippen molar-refractivity contribution >= 4 is 21.8 Å². The molecule has 0 aromatic heterocycles. The van der Waals surface area contributed by atoms with Crippen molar-refractivity contribution in [3.8, 4) is 0 Å². The molecule has 0 bridgehead atoms. The molecule has 23 heavy (non-hydrogen) atoms. The number of hydrogen-bond donors (Lipinski definition) is 2. The molecule has 7 heteroatoms. The Morgan fingerprint density at radius 1 is 1.13 bits per heavy atom. The van der Waals surface area contributed by atoms with E-state index in [1.165, 1.54) is 6.07 Å². The fourth-order valence-corrected chi connectivity index (χ4v) is 2.71. The van der Waals surface area contributed by atoms with E-state index in [1.54, 1.807) is 18.2 Å². The van der Waals surface area contributed by atoms with E-state index in [9.17, 15) is 13.2 Å². The quantitative estimate of drug-likeness (QED) is 0.813. The van der Waals surface area contributed by atoms with Crippen molar-refractivity contribution in [2.45, 2.75) is 6.61 Å². The summed E-state index contributed by atoms with van der Waals surface area (Å²) in [6.45, 7) is 0.0943. The molecule has 1 radical (unpaired) electrons. The van der Waals surface area contributed by atoms with Gasteiger partial charge in [-0.2, -0.15) is 0 Å². The predicted molar refractivity (Wildman–Crippen MR) is 87.3 cm³/mol. The van der Waals surface area contributed by atoms with E-state index in [-0.39, 0.29) is 18.9 Å². The van der Waals surface area contributed by atoms with Gasteiger partial charge in [-0.05, 0) is 23.8 Å². The van der Waals surface area contributed by atoms with Crippen LogP contribution in [0.1, 0.15) is 5.56 Å². The molecule has 2 aromatic carbocycles. The Bertz CT molecular complexity index is 718. The second kappa shape index (κ2) is 8.19. The van der Waals surface area contributed by atoms with Gasteiger partial charge in [0.2, 0.25) is 10.0 Å². The van der Waals surface area contributed by atoms with Gasteiger partial charge in [0.15, 0.2) is 0 Å². The van der Waals surface area contributed by atoms with E-state index in [2.05, 4.69) is 16.1 Å². The van der Waals surface area contributed by atoms with Gasteiger partial charge in [0.05, 0.1) is 5.75 Å². The van der Waals surface area contributed by atoms with Gasteiger partial charge in [0.1, 0.15) is 6.61 Å². The summed E-state index contributed by atoms with van der Waals surface area (Å²) in [5, 5.41) is 2.41. The molecule has 0 saturated heterocycles. The lowest BCUT2D eigenvalue weighted by Crippen LogP contribution is -2.31. The highest BCUT2D eigenvalue weighted by molar-refractivity contribution is 7.92. The molecule has 0 atom stereocenters. The first-order valence-corrected chi connectivity index (χ1v) is 8.61. The van der Waals surface area contributed by atoms with Crippen molar-refractivity contribution in [1.29, 1.82) is 0 Å². The number of hydrogen-bond acceptors (Lipinski definition) is 4. The Balaban J connectivity index is 1.70. The third kappa shape index (κ3) is 6.39. The van der Waals surface area contributed by atoms with Gasteiger partial charge in [0, 0.05) is 12.2 Å². The summed E-state index contributed by atoms with van der Waals surface area (Å²) in [6.07, 6.45) is -0.655. The van der Waals surface area contributed by atoms with Crippen molar-refractivity contribution in [2.75, 3.05) is 17.0 Å². The molecule has 2 aromatic rings. The fraction of sp³-hybridized carbons (Fsp3) is 0.188. The Morgan fingerprint density at radius 3 is 2.61 bits per heavy atom.